The van der Waals surface area contributed by atoms with E-state index in [9.17, 15) is 4.79 Å². The van der Waals surface area contributed by atoms with Gasteiger partial charge in [0.2, 0.25) is 5.91 Å². The minimum Gasteiger partial charge on any atom is -0.493 e. The second-order valence-electron chi connectivity index (χ2n) is 5.64. The fourth-order valence-electron chi connectivity index (χ4n) is 2.00. The Morgan fingerprint density at radius 2 is 1.95 bits per heavy atom. The van der Waals surface area contributed by atoms with E-state index in [2.05, 4.69) is 5.32 Å². The van der Waals surface area contributed by atoms with Gasteiger partial charge >= 0.3 is 0 Å². The van der Waals surface area contributed by atoms with Crippen LogP contribution in [0.2, 0.25) is 0 Å². The standard InChI is InChI=1S/C17H28N2O2/c1-5-17(18,6-2)12-19-16(20)10-11-21-15-9-7-8-13(3)14(15)4/h7-9H,5-6,10-12,18H2,1-4H3,(H,19,20). The van der Waals surface area contributed by atoms with Crippen molar-refractivity contribution < 1.29 is 9.53 Å². The number of rotatable bonds is 8. The summed E-state index contributed by atoms with van der Waals surface area (Å²) in [5.41, 5.74) is 8.16. The fourth-order valence-corrected chi connectivity index (χ4v) is 2.00. The van der Waals surface area contributed by atoms with Crippen molar-refractivity contribution in [2.45, 2.75) is 52.5 Å². The molecule has 118 valence electrons. The van der Waals surface area contributed by atoms with E-state index in [1.54, 1.807) is 0 Å². The van der Waals surface area contributed by atoms with Crippen LogP contribution in [-0.4, -0.2) is 24.6 Å². The summed E-state index contributed by atoms with van der Waals surface area (Å²) in [6.45, 7) is 9.05. The molecule has 0 heterocycles. The number of hydrogen-bond donors (Lipinski definition) is 2. The molecule has 0 atom stereocenters. The number of amides is 1. The van der Waals surface area contributed by atoms with Crippen LogP contribution >= 0.6 is 0 Å². The largest absolute Gasteiger partial charge is 0.493 e. The average molecular weight is 292 g/mol. The molecule has 0 aromatic heterocycles. The SMILES string of the molecule is CCC(N)(CC)CNC(=O)CCOc1cccc(C)c1C. The van der Waals surface area contributed by atoms with E-state index in [4.69, 9.17) is 10.5 Å². The van der Waals surface area contributed by atoms with E-state index >= 15 is 0 Å². The summed E-state index contributed by atoms with van der Waals surface area (Å²) in [5, 5.41) is 2.89. The quantitative estimate of drug-likeness (QED) is 0.774. The Bertz CT molecular complexity index is 468. The van der Waals surface area contributed by atoms with Crippen molar-refractivity contribution >= 4 is 5.91 Å². The Hall–Kier alpha value is -1.55. The van der Waals surface area contributed by atoms with Gasteiger partial charge in [0.25, 0.3) is 0 Å². The van der Waals surface area contributed by atoms with Crippen LogP contribution in [0.25, 0.3) is 0 Å². The van der Waals surface area contributed by atoms with Crippen molar-refractivity contribution in [1.29, 1.82) is 0 Å². The average Bonchev–Trinajstić information content (AvgIpc) is 2.49. The number of benzene rings is 1. The summed E-state index contributed by atoms with van der Waals surface area (Å²) in [4.78, 5) is 11.8. The maximum Gasteiger partial charge on any atom is 0.223 e. The number of aryl methyl sites for hydroxylation is 1. The van der Waals surface area contributed by atoms with Gasteiger partial charge in [-0.1, -0.05) is 26.0 Å². The molecule has 0 bridgehead atoms. The molecule has 0 aliphatic rings. The van der Waals surface area contributed by atoms with Gasteiger partial charge in [-0.05, 0) is 43.9 Å². The van der Waals surface area contributed by atoms with Crippen molar-refractivity contribution in [2.24, 2.45) is 5.73 Å². The second-order valence-corrected chi connectivity index (χ2v) is 5.64. The zero-order valence-corrected chi connectivity index (χ0v) is 13.7. The molecule has 0 aliphatic heterocycles. The van der Waals surface area contributed by atoms with Crippen LogP contribution in [0.15, 0.2) is 18.2 Å². The van der Waals surface area contributed by atoms with Gasteiger partial charge in [-0.15, -0.1) is 0 Å². The number of nitrogens with two attached hydrogens (primary N) is 1. The van der Waals surface area contributed by atoms with Crippen molar-refractivity contribution in [1.82, 2.24) is 5.32 Å². The third-order valence-corrected chi connectivity index (χ3v) is 4.19. The molecule has 3 N–H and O–H groups in total. The highest BCUT2D eigenvalue weighted by molar-refractivity contribution is 5.76. The van der Waals surface area contributed by atoms with Crippen LogP contribution in [0.4, 0.5) is 0 Å². The van der Waals surface area contributed by atoms with Gasteiger partial charge < -0.3 is 15.8 Å². The Morgan fingerprint density at radius 1 is 1.29 bits per heavy atom. The van der Waals surface area contributed by atoms with E-state index in [-0.39, 0.29) is 11.4 Å². The first-order valence-electron chi connectivity index (χ1n) is 7.66. The zero-order chi connectivity index (χ0) is 15.9. The molecule has 0 unspecified atom stereocenters. The van der Waals surface area contributed by atoms with Gasteiger partial charge in [0.15, 0.2) is 0 Å². The van der Waals surface area contributed by atoms with Crippen molar-refractivity contribution in [3.8, 4) is 5.75 Å². The normalized spacial score (nSPS) is 11.3. The third-order valence-electron chi connectivity index (χ3n) is 4.19. The van der Waals surface area contributed by atoms with Crippen molar-refractivity contribution in [3.63, 3.8) is 0 Å². The van der Waals surface area contributed by atoms with Crippen LogP contribution < -0.4 is 15.8 Å². The predicted molar refractivity (Wildman–Crippen MR) is 86.5 cm³/mol. The van der Waals surface area contributed by atoms with Crippen LogP contribution in [0.5, 0.6) is 5.75 Å². The lowest BCUT2D eigenvalue weighted by molar-refractivity contribution is -0.121. The Kier molecular flexibility index (Phi) is 6.69. The van der Waals surface area contributed by atoms with E-state index in [1.807, 2.05) is 45.9 Å². The maximum absolute atomic E-state index is 11.8. The van der Waals surface area contributed by atoms with Gasteiger partial charge in [-0.3, -0.25) is 4.79 Å². The molecule has 1 aromatic rings. The van der Waals surface area contributed by atoms with E-state index in [1.165, 1.54) is 5.56 Å². The Labute approximate surface area is 128 Å². The molecule has 1 amide bonds. The van der Waals surface area contributed by atoms with Crippen LogP contribution in [0.1, 0.15) is 44.2 Å². The lowest BCUT2D eigenvalue weighted by Crippen LogP contribution is -2.49. The lowest BCUT2D eigenvalue weighted by atomic mass is 9.94. The van der Waals surface area contributed by atoms with Crippen molar-refractivity contribution in [2.75, 3.05) is 13.2 Å². The van der Waals surface area contributed by atoms with Crippen molar-refractivity contribution in [3.05, 3.63) is 29.3 Å². The van der Waals surface area contributed by atoms with Gasteiger partial charge in [0.05, 0.1) is 13.0 Å². The highest BCUT2D eigenvalue weighted by atomic mass is 16.5. The minimum absolute atomic E-state index is 0.0166. The molecule has 0 fully saturated rings. The lowest BCUT2D eigenvalue weighted by Gasteiger charge is -2.26. The number of hydrogen-bond acceptors (Lipinski definition) is 3. The molecular formula is C17H28N2O2. The van der Waals surface area contributed by atoms with Crippen LogP contribution in [-0.2, 0) is 4.79 Å². The predicted octanol–water partition coefficient (Wildman–Crippen LogP) is 2.71. The van der Waals surface area contributed by atoms with Gasteiger partial charge in [0.1, 0.15) is 5.75 Å². The summed E-state index contributed by atoms with van der Waals surface area (Å²) >= 11 is 0. The Morgan fingerprint density at radius 3 is 2.57 bits per heavy atom. The fraction of sp³-hybridized carbons (Fsp3) is 0.588. The summed E-state index contributed by atoms with van der Waals surface area (Å²) in [6, 6.07) is 5.94. The van der Waals surface area contributed by atoms with Crippen LogP contribution in [0, 0.1) is 13.8 Å². The summed E-state index contributed by atoms with van der Waals surface area (Å²) < 4.78 is 5.68. The number of ether oxygens (including phenoxy) is 1. The third kappa shape index (κ3) is 5.38. The first kappa shape index (κ1) is 17.5. The highest BCUT2D eigenvalue weighted by Gasteiger charge is 2.20. The maximum atomic E-state index is 11.8. The number of carbonyl (C=O) groups excluding carboxylic acids is 1. The summed E-state index contributed by atoms with van der Waals surface area (Å²) in [7, 11) is 0. The first-order chi connectivity index (χ1) is 9.91. The number of nitrogens with one attached hydrogen (secondary N) is 1. The molecule has 0 spiro atoms. The molecule has 1 aromatic carbocycles. The highest BCUT2D eigenvalue weighted by Crippen LogP contribution is 2.20. The topological polar surface area (TPSA) is 64.3 Å². The van der Waals surface area contributed by atoms with E-state index < -0.39 is 0 Å². The molecule has 0 aliphatic carbocycles. The monoisotopic (exact) mass is 292 g/mol. The zero-order valence-electron chi connectivity index (χ0n) is 13.7. The molecule has 4 heteroatoms. The Balaban J connectivity index is 2.36. The van der Waals surface area contributed by atoms with Crippen LogP contribution in [0.3, 0.4) is 0 Å². The second kappa shape index (κ2) is 8.03. The molecule has 21 heavy (non-hydrogen) atoms. The van der Waals surface area contributed by atoms with Gasteiger partial charge in [-0.2, -0.15) is 0 Å². The summed E-state index contributed by atoms with van der Waals surface area (Å²) in [6.07, 6.45) is 2.04. The molecule has 0 saturated carbocycles. The minimum atomic E-state index is -0.302. The molecule has 4 nitrogen and oxygen atoms in total. The molecule has 0 radical (unpaired) electrons. The van der Waals surface area contributed by atoms with Gasteiger partial charge in [0, 0.05) is 12.1 Å². The molecular weight excluding hydrogens is 264 g/mol. The number of carbonyl (C=O) groups is 1. The summed E-state index contributed by atoms with van der Waals surface area (Å²) in [5.74, 6) is 0.829. The molecule has 0 saturated heterocycles. The first-order valence-corrected chi connectivity index (χ1v) is 7.66. The van der Waals surface area contributed by atoms with Gasteiger partial charge in [-0.25, -0.2) is 0 Å². The molecule has 1 rings (SSSR count). The smallest absolute Gasteiger partial charge is 0.223 e. The van der Waals surface area contributed by atoms with E-state index in [0.717, 1.165) is 24.2 Å². The van der Waals surface area contributed by atoms with E-state index in [0.29, 0.717) is 19.6 Å².